The lowest BCUT2D eigenvalue weighted by atomic mass is 9.95. The first-order valence-electron chi connectivity index (χ1n) is 7.61. The van der Waals surface area contributed by atoms with Crippen LogP contribution in [0.2, 0.25) is 0 Å². The van der Waals surface area contributed by atoms with E-state index in [0.29, 0.717) is 11.8 Å². The zero-order valence-corrected chi connectivity index (χ0v) is 12.3. The molecule has 0 bridgehead atoms. The number of anilines is 1. The number of ether oxygens (including phenoxy) is 1. The third kappa shape index (κ3) is 3.53. The molecule has 1 heterocycles. The molecule has 1 aromatic carbocycles. The molecule has 1 fully saturated rings. The zero-order chi connectivity index (χ0) is 15.2. The minimum atomic E-state index is 0.187. The van der Waals surface area contributed by atoms with Crippen LogP contribution < -0.4 is 10.1 Å². The average Bonchev–Trinajstić information content (AvgIpc) is 2.58. The van der Waals surface area contributed by atoms with Gasteiger partial charge in [-0.15, -0.1) is 0 Å². The van der Waals surface area contributed by atoms with E-state index in [1.54, 1.807) is 0 Å². The third-order valence-electron chi connectivity index (χ3n) is 3.82. The third-order valence-corrected chi connectivity index (χ3v) is 3.82. The smallest absolute Gasteiger partial charge is 0.256 e. The SMILES string of the molecule is N#Cc1nccnc1Oc1ccc(NC2CCCCC2)cc1. The van der Waals surface area contributed by atoms with Gasteiger partial charge in [-0.1, -0.05) is 19.3 Å². The average molecular weight is 294 g/mol. The second-order valence-electron chi connectivity index (χ2n) is 5.43. The predicted octanol–water partition coefficient (Wildman–Crippen LogP) is 3.89. The minimum absolute atomic E-state index is 0.187. The Labute approximate surface area is 130 Å². The van der Waals surface area contributed by atoms with Crippen molar-refractivity contribution in [3.8, 4) is 17.7 Å². The van der Waals surface area contributed by atoms with Crippen LogP contribution >= 0.6 is 0 Å². The van der Waals surface area contributed by atoms with Crippen molar-refractivity contribution in [2.45, 2.75) is 38.1 Å². The zero-order valence-electron chi connectivity index (χ0n) is 12.3. The first-order valence-corrected chi connectivity index (χ1v) is 7.61. The van der Waals surface area contributed by atoms with E-state index in [-0.39, 0.29) is 11.6 Å². The van der Waals surface area contributed by atoms with Crippen molar-refractivity contribution in [2.24, 2.45) is 0 Å². The molecule has 22 heavy (non-hydrogen) atoms. The van der Waals surface area contributed by atoms with Crippen LogP contribution in [-0.2, 0) is 0 Å². The van der Waals surface area contributed by atoms with Gasteiger partial charge in [0, 0.05) is 24.1 Å². The highest BCUT2D eigenvalue weighted by molar-refractivity contribution is 5.48. The Morgan fingerprint density at radius 2 is 1.77 bits per heavy atom. The summed E-state index contributed by atoms with van der Waals surface area (Å²) in [5.41, 5.74) is 1.28. The van der Waals surface area contributed by atoms with Gasteiger partial charge in [-0.3, -0.25) is 0 Å². The first kappa shape index (κ1) is 14.3. The fourth-order valence-corrected chi connectivity index (χ4v) is 2.69. The van der Waals surface area contributed by atoms with Gasteiger partial charge in [0.25, 0.3) is 5.88 Å². The molecule has 1 aromatic heterocycles. The highest BCUT2D eigenvalue weighted by Crippen LogP contribution is 2.25. The molecule has 0 radical (unpaired) electrons. The molecule has 1 saturated carbocycles. The molecule has 0 saturated heterocycles. The number of nitriles is 1. The van der Waals surface area contributed by atoms with Crippen molar-refractivity contribution in [3.05, 3.63) is 42.4 Å². The predicted molar refractivity (Wildman–Crippen MR) is 83.8 cm³/mol. The summed E-state index contributed by atoms with van der Waals surface area (Å²) in [4.78, 5) is 7.97. The summed E-state index contributed by atoms with van der Waals surface area (Å²) < 4.78 is 5.62. The fraction of sp³-hybridized carbons (Fsp3) is 0.353. The summed E-state index contributed by atoms with van der Waals surface area (Å²) in [5.74, 6) is 0.879. The maximum Gasteiger partial charge on any atom is 0.256 e. The number of rotatable bonds is 4. The standard InChI is InChI=1S/C17H18N4O/c18-12-16-17(20-11-10-19-16)22-15-8-6-14(7-9-15)21-13-4-2-1-3-5-13/h6-11,13,21H,1-5H2. The number of aromatic nitrogens is 2. The van der Waals surface area contributed by atoms with Crippen molar-refractivity contribution in [1.29, 1.82) is 5.26 Å². The van der Waals surface area contributed by atoms with Crippen molar-refractivity contribution < 1.29 is 4.74 Å². The van der Waals surface area contributed by atoms with Crippen molar-refractivity contribution >= 4 is 5.69 Å². The van der Waals surface area contributed by atoms with Crippen LogP contribution in [0.4, 0.5) is 5.69 Å². The van der Waals surface area contributed by atoms with E-state index in [9.17, 15) is 0 Å². The van der Waals surface area contributed by atoms with Crippen LogP contribution in [0, 0.1) is 11.3 Å². The number of hydrogen-bond acceptors (Lipinski definition) is 5. The van der Waals surface area contributed by atoms with E-state index in [2.05, 4.69) is 15.3 Å². The van der Waals surface area contributed by atoms with Crippen LogP contribution in [0.3, 0.4) is 0 Å². The summed E-state index contributed by atoms with van der Waals surface area (Å²) >= 11 is 0. The van der Waals surface area contributed by atoms with E-state index in [4.69, 9.17) is 10.00 Å². The number of nitrogens with zero attached hydrogens (tertiary/aromatic N) is 3. The Hall–Kier alpha value is -2.61. The van der Waals surface area contributed by atoms with Gasteiger partial charge in [0.1, 0.15) is 11.8 Å². The first-order chi connectivity index (χ1) is 10.8. The maximum atomic E-state index is 8.98. The molecule has 112 valence electrons. The number of nitrogens with one attached hydrogen (secondary N) is 1. The number of hydrogen-bond donors (Lipinski definition) is 1. The lowest BCUT2D eigenvalue weighted by molar-refractivity contribution is 0.457. The van der Waals surface area contributed by atoms with Gasteiger partial charge in [-0.2, -0.15) is 5.26 Å². The summed E-state index contributed by atoms with van der Waals surface area (Å²) in [6.45, 7) is 0. The lowest BCUT2D eigenvalue weighted by Crippen LogP contribution is -2.22. The Morgan fingerprint density at radius 3 is 2.50 bits per heavy atom. The maximum absolute atomic E-state index is 8.98. The molecule has 0 spiro atoms. The van der Waals surface area contributed by atoms with E-state index in [1.165, 1.54) is 44.5 Å². The summed E-state index contributed by atoms with van der Waals surface area (Å²) in [7, 11) is 0. The molecule has 1 N–H and O–H groups in total. The molecule has 5 heteroatoms. The Morgan fingerprint density at radius 1 is 1.05 bits per heavy atom. The highest BCUT2D eigenvalue weighted by atomic mass is 16.5. The molecular weight excluding hydrogens is 276 g/mol. The molecule has 0 unspecified atom stereocenters. The van der Waals surface area contributed by atoms with Gasteiger partial charge in [0.2, 0.25) is 5.69 Å². The minimum Gasteiger partial charge on any atom is -0.436 e. The van der Waals surface area contributed by atoms with Gasteiger partial charge in [0.05, 0.1) is 0 Å². The van der Waals surface area contributed by atoms with Gasteiger partial charge >= 0.3 is 0 Å². The number of benzene rings is 1. The fourth-order valence-electron chi connectivity index (χ4n) is 2.69. The van der Waals surface area contributed by atoms with E-state index in [1.807, 2.05) is 30.3 Å². The molecule has 2 aromatic rings. The Balaban J connectivity index is 1.65. The molecule has 0 amide bonds. The van der Waals surface area contributed by atoms with Gasteiger partial charge in [-0.05, 0) is 37.1 Å². The van der Waals surface area contributed by atoms with Crippen LogP contribution in [-0.4, -0.2) is 16.0 Å². The highest BCUT2D eigenvalue weighted by Gasteiger charge is 2.13. The molecule has 1 aliphatic carbocycles. The summed E-state index contributed by atoms with van der Waals surface area (Å²) in [6.07, 6.45) is 9.43. The summed E-state index contributed by atoms with van der Waals surface area (Å²) in [5, 5.41) is 12.5. The van der Waals surface area contributed by atoms with Gasteiger partial charge < -0.3 is 10.1 Å². The molecular formula is C17H18N4O. The largest absolute Gasteiger partial charge is 0.436 e. The molecule has 0 atom stereocenters. The van der Waals surface area contributed by atoms with Gasteiger partial charge in [0.15, 0.2) is 0 Å². The summed E-state index contributed by atoms with van der Waals surface area (Å²) in [6, 6.07) is 10.3. The van der Waals surface area contributed by atoms with Crippen molar-refractivity contribution in [2.75, 3.05) is 5.32 Å². The van der Waals surface area contributed by atoms with Crippen LogP contribution in [0.5, 0.6) is 11.6 Å². The van der Waals surface area contributed by atoms with Crippen molar-refractivity contribution in [3.63, 3.8) is 0 Å². The van der Waals surface area contributed by atoms with E-state index >= 15 is 0 Å². The van der Waals surface area contributed by atoms with Gasteiger partial charge in [-0.25, -0.2) is 9.97 Å². The lowest BCUT2D eigenvalue weighted by Gasteiger charge is -2.23. The molecule has 5 nitrogen and oxygen atoms in total. The monoisotopic (exact) mass is 294 g/mol. The molecule has 3 rings (SSSR count). The second-order valence-corrected chi connectivity index (χ2v) is 5.43. The molecule has 0 aliphatic heterocycles. The van der Waals surface area contributed by atoms with Crippen LogP contribution in [0.1, 0.15) is 37.8 Å². The van der Waals surface area contributed by atoms with E-state index < -0.39 is 0 Å². The van der Waals surface area contributed by atoms with Crippen LogP contribution in [0.25, 0.3) is 0 Å². The van der Waals surface area contributed by atoms with E-state index in [0.717, 1.165) is 5.69 Å². The molecule has 1 aliphatic rings. The second kappa shape index (κ2) is 6.90. The quantitative estimate of drug-likeness (QED) is 0.926. The Kier molecular flexibility index (Phi) is 4.50. The topological polar surface area (TPSA) is 70.8 Å². The normalized spacial score (nSPS) is 15.0. The van der Waals surface area contributed by atoms with Crippen LogP contribution in [0.15, 0.2) is 36.7 Å². The Bertz CT molecular complexity index is 657. The van der Waals surface area contributed by atoms with Crippen molar-refractivity contribution in [1.82, 2.24) is 9.97 Å².